The van der Waals surface area contributed by atoms with Gasteiger partial charge >= 0.3 is 0 Å². The molecular formula is C20H22ClFN4O. The molecule has 142 valence electrons. The molecule has 1 aromatic heterocycles. The smallest absolute Gasteiger partial charge is 0.241 e. The molecule has 0 radical (unpaired) electrons. The Kier molecular flexibility index (Phi) is 6.08. The first kappa shape index (κ1) is 19.3. The highest BCUT2D eigenvalue weighted by molar-refractivity contribution is 6.31. The number of imidazole rings is 1. The number of H-pyrrole nitrogens is 1. The molecule has 0 saturated carbocycles. The molecule has 0 aliphatic heterocycles. The topological polar surface area (TPSA) is 61.0 Å². The molecule has 2 aromatic carbocycles. The fraction of sp³-hybridized carbons (Fsp3) is 0.300. The second-order valence-corrected chi connectivity index (χ2v) is 7.09. The van der Waals surface area contributed by atoms with Crippen LogP contribution in [0.2, 0.25) is 5.02 Å². The molecule has 0 aliphatic carbocycles. The molecule has 0 saturated heterocycles. The first-order chi connectivity index (χ1) is 12.9. The number of amides is 1. The van der Waals surface area contributed by atoms with E-state index in [-0.39, 0.29) is 11.7 Å². The van der Waals surface area contributed by atoms with Crippen molar-refractivity contribution in [3.63, 3.8) is 0 Å². The van der Waals surface area contributed by atoms with E-state index in [9.17, 15) is 9.18 Å². The second-order valence-electron chi connectivity index (χ2n) is 6.66. The zero-order valence-corrected chi connectivity index (χ0v) is 16.1. The molecule has 5 nitrogen and oxygen atoms in total. The zero-order chi connectivity index (χ0) is 19.4. The molecule has 0 spiro atoms. The fourth-order valence-corrected chi connectivity index (χ4v) is 3.22. The number of aryl methyl sites for hydroxylation is 1. The number of nitrogens with one attached hydrogen (secondary N) is 2. The van der Waals surface area contributed by atoms with E-state index in [2.05, 4.69) is 15.3 Å². The van der Waals surface area contributed by atoms with Gasteiger partial charge in [0.2, 0.25) is 5.91 Å². The molecule has 0 aliphatic rings. The average molecular weight is 389 g/mol. The molecule has 0 bridgehead atoms. The quantitative estimate of drug-likeness (QED) is 0.606. The van der Waals surface area contributed by atoms with Crippen molar-refractivity contribution in [1.82, 2.24) is 20.2 Å². The number of hydrogen-bond donors (Lipinski definition) is 2. The van der Waals surface area contributed by atoms with E-state index in [1.165, 1.54) is 12.1 Å². The van der Waals surface area contributed by atoms with Crippen LogP contribution < -0.4 is 5.32 Å². The van der Waals surface area contributed by atoms with Crippen molar-refractivity contribution >= 4 is 28.5 Å². The van der Waals surface area contributed by atoms with Crippen LogP contribution in [0.3, 0.4) is 0 Å². The first-order valence-corrected chi connectivity index (χ1v) is 9.15. The minimum Gasteiger partial charge on any atom is -0.354 e. The Hall–Kier alpha value is -2.44. The van der Waals surface area contributed by atoms with Crippen molar-refractivity contribution in [1.29, 1.82) is 0 Å². The summed E-state index contributed by atoms with van der Waals surface area (Å²) in [6.45, 7) is 0.530. The van der Waals surface area contributed by atoms with Crippen LogP contribution in [0.25, 0.3) is 11.0 Å². The number of aromatic amines is 1. The van der Waals surface area contributed by atoms with Crippen molar-refractivity contribution in [3.8, 4) is 0 Å². The number of hydrogen-bond acceptors (Lipinski definition) is 3. The summed E-state index contributed by atoms with van der Waals surface area (Å²) in [6, 6.07) is 11.1. The average Bonchev–Trinajstić information content (AvgIpc) is 3.02. The lowest BCUT2D eigenvalue weighted by Gasteiger charge is -2.23. The second kappa shape index (κ2) is 8.50. The van der Waals surface area contributed by atoms with Gasteiger partial charge in [0.25, 0.3) is 0 Å². The standard InChI is InChI=1S/C20H22ClFN4O/c1-26(2)19(13-5-8-15(22)9-6-13)20(27)23-11-3-4-18-24-16-10-7-14(21)12-17(16)25-18/h5-10,12,19H,3-4,11H2,1-2H3,(H,23,27)(H,24,25)/t19-/m1/s1. The monoisotopic (exact) mass is 388 g/mol. The van der Waals surface area contributed by atoms with Gasteiger partial charge in [-0.15, -0.1) is 0 Å². The summed E-state index contributed by atoms with van der Waals surface area (Å²) in [6.07, 6.45) is 1.47. The maximum atomic E-state index is 13.1. The highest BCUT2D eigenvalue weighted by atomic mass is 35.5. The number of carbonyl (C=O) groups is 1. The number of carbonyl (C=O) groups excluding carboxylic acids is 1. The van der Waals surface area contributed by atoms with Gasteiger partial charge < -0.3 is 10.3 Å². The number of rotatable bonds is 7. The van der Waals surface area contributed by atoms with E-state index in [0.717, 1.165) is 35.3 Å². The Balaban J connectivity index is 1.54. The van der Waals surface area contributed by atoms with Gasteiger partial charge in [0.15, 0.2) is 0 Å². The Morgan fingerprint density at radius 2 is 2.00 bits per heavy atom. The maximum Gasteiger partial charge on any atom is 0.241 e. The number of nitrogens with zero attached hydrogens (tertiary/aromatic N) is 2. The summed E-state index contributed by atoms with van der Waals surface area (Å²) in [5.74, 6) is 0.441. The van der Waals surface area contributed by atoms with E-state index < -0.39 is 6.04 Å². The Bertz CT molecular complexity index is 923. The van der Waals surface area contributed by atoms with E-state index in [1.807, 2.05) is 37.2 Å². The van der Waals surface area contributed by atoms with Crippen LogP contribution in [0, 0.1) is 5.82 Å². The maximum absolute atomic E-state index is 13.1. The van der Waals surface area contributed by atoms with Crippen LogP contribution in [-0.4, -0.2) is 41.4 Å². The third-order valence-electron chi connectivity index (χ3n) is 4.33. The SMILES string of the molecule is CN(C)[C@@H](C(=O)NCCCc1nc2ccc(Cl)cc2[nH]1)c1ccc(F)cc1. The molecular weight excluding hydrogens is 367 g/mol. The first-order valence-electron chi connectivity index (χ1n) is 8.78. The van der Waals surface area contributed by atoms with Gasteiger partial charge in [-0.1, -0.05) is 23.7 Å². The Morgan fingerprint density at radius 1 is 1.26 bits per heavy atom. The van der Waals surface area contributed by atoms with Gasteiger partial charge in [0, 0.05) is 18.0 Å². The lowest BCUT2D eigenvalue weighted by Crippen LogP contribution is -2.37. The summed E-state index contributed by atoms with van der Waals surface area (Å²) in [5.41, 5.74) is 2.54. The van der Waals surface area contributed by atoms with Crippen molar-refractivity contribution in [2.75, 3.05) is 20.6 Å². The summed E-state index contributed by atoms with van der Waals surface area (Å²) >= 11 is 5.98. The number of likely N-dealkylation sites (N-methyl/N-ethyl adjacent to an activating group) is 1. The zero-order valence-electron chi connectivity index (χ0n) is 15.3. The molecule has 1 heterocycles. The lowest BCUT2D eigenvalue weighted by atomic mass is 10.1. The van der Waals surface area contributed by atoms with Crippen LogP contribution in [0.4, 0.5) is 4.39 Å². The van der Waals surface area contributed by atoms with E-state index >= 15 is 0 Å². The highest BCUT2D eigenvalue weighted by Crippen LogP contribution is 2.19. The predicted molar refractivity (Wildman–Crippen MR) is 105 cm³/mol. The van der Waals surface area contributed by atoms with Crippen molar-refractivity contribution < 1.29 is 9.18 Å². The number of benzene rings is 2. The summed E-state index contributed by atoms with van der Waals surface area (Å²) in [4.78, 5) is 22.1. The van der Waals surface area contributed by atoms with Gasteiger partial charge in [-0.2, -0.15) is 0 Å². The number of halogens is 2. The predicted octanol–water partition coefficient (Wildman–Crippen LogP) is 3.71. The summed E-state index contributed by atoms with van der Waals surface area (Å²) in [7, 11) is 3.65. The number of fused-ring (bicyclic) bond motifs is 1. The molecule has 3 aromatic rings. The van der Waals surface area contributed by atoms with Gasteiger partial charge in [-0.05, 0) is 56.4 Å². The van der Waals surface area contributed by atoms with Gasteiger partial charge in [-0.3, -0.25) is 9.69 Å². The molecule has 27 heavy (non-hydrogen) atoms. The van der Waals surface area contributed by atoms with Crippen LogP contribution in [0.1, 0.15) is 23.9 Å². The minimum absolute atomic E-state index is 0.108. The highest BCUT2D eigenvalue weighted by Gasteiger charge is 2.22. The van der Waals surface area contributed by atoms with Gasteiger partial charge in [0.1, 0.15) is 17.7 Å². The summed E-state index contributed by atoms with van der Waals surface area (Å²) < 4.78 is 13.1. The van der Waals surface area contributed by atoms with Crippen LogP contribution in [0.5, 0.6) is 0 Å². The van der Waals surface area contributed by atoms with Gasteiger partial charge in [-0.25, -0.2) is 9.37 Å². The molecule has 1 atom stereocenters. The lowest BCUT2D eigenvalue weighted by molar-refractivity contribution is -0.125. The van der Waals surface area contributed by atoms with E-state index in [1.54, 1.807) is 12.1 Å². The molecule has 0 fully saturated rings. The molecule has 3 rings (SSSR count). The van der Waals surface area contributed by atoms with Crippen molar-refractivity contribution in [2.45, 2.75) is 18.9 Å². The third kappa shape index (κ3) is 4.84. The van der Waals surface area contributed by atoms with Crippen LogP contribution in [-0.2, 0) is 11.2 Å². The largest absolute Gasteiger partial charge is 0.354 e. The Labute approximate surface area is 162 Å². The molecule has 2 N–H and O–H groups in total. The van der Waals surface area contributed by atoms with Gasteiger partial charge in [0.05, 0.1) is 11.0 Å². The molecule has 1 amide bonds. The third-order valence-corrected chi connectivity index (χ3v) is 4.57. The molecule has 0 unspecified atom stereocenters. The van der Waals surface area contributed by atoms with E-state index in [0.29, 0.717) is 11.6 Å². The van der Waals surface area contributed by atoms with Crippen molar-refractivity contribution in [3.05, 3.63) is 64.7 Å². The van der Waals surface area contributed by atoms with Crippen molar-refractivity contribution in [2.24, 2.45) is 0 Å². The normalized spacial score (nSPS) is 12.5. The Morgan fingerprint density at radius 3 is 2.70 bits per heavy atom. The van der Waals surface area contributed by atoms with Crippen LogP contribution >= 0.6 is 11.6 Å². The number of aromatic nitrogens is 2. The van der Waals surface area contributed by atoms with Crippen LogP contribution in [0.15, 0.2) is 42.5 Å². The fourth-order valence-electron chi connectivity index (χ4n) is 3.05. The summed E-state index contributed by atoms with van der Waals surface area (Å²) in [5, 5.41) is 3.62. The minimum atomic E-state index is -0.459. The molecule has 7 heteroatoms. The van der Waals surface area contributed by atoms with E-state index in [4.69, 9.17) is 11.6 Å².